The first-order chi connectivity index (χ1) is 9.60. The van der Waals surface area contributed by atoms with E-state index in [0.717, 1.165) is 19.5 Å². The molecule has 0 spiro atoms. The van der Waals surface area contributed by atoms with E-state index in [-0.39, 0.29) is 5.91 Å². The van der Waals surface area contributed by atoms with Crippen LogP contribution in [0.15, 0.2) is 18.3 Å². The monoisotopic (exact) mass is 277 g/mol. The van der Waals surface area contributed by atoms with E-state index in [0.29, 0.717) is 29.9 Å². The smallest absolute Gasteiger partial charge is 0.269 e. The topological polar surface area (TPSA) is 83.3 Å². The van der Waals surface area contributed by atoms with Gasteiger partial charge in [-0.05, 0) is 44.9 Å². The number of carbonyl (C=O) groups excluding carboxylic acids is 1. The normalized spacial score (nSPS) is 19.3. The molecular formula is C14H23N5O. The molecule has 1 saturated heterocycles. The number of hydrogen-bond donors (Lipinski definition) is 3. The van der Waals surface area contributed by atoms with Gasteiger partial charge in [-0.3, -0.25) is 15.6 Å². The van der Waals surface area contributed by atoms with E-state index in [1.165, 1.54) is 0 Å². The molecule has 0 bridgehead atoms. The molecule has 2 rings (SSSR count). The first kappa shape index (κ1) is 14.7. The summed E-state index contributed by atoms with van der Waals surface area (Å²) in [5, 5.41) is 2.95. The Kier molecular flexibility index (Phi) is 4.92. The SMILES string of the molecule is CC(C)N1CCC(CNC(=O)c2cc(NN)ccn2)C1. The summed E-state index contributed by atoms with van der Waals surface area (Å²) in [5.74, 6) is 5.70. The van der Waals surface area contributed by atoms with Gasteiger partial charge in [0, 0.05) is 25.3 Å². The van der Waals surface area contributed by atoms with Crippen LogP contribution in [0.5, 0.6) is 0 Å². The summed E-state index contributed by atoms with van der Waals surface area (Å²) in [4.78, 5) is 18.5. The molecule has 6 heteroatoms. The van der Waals surface area contributed by atoms with Gasteiger partial charge < -0.3 is 15.6 Å². The van der Waals surface area contributed by atoms with Gasteiger partial charge >= 0.3 is 0 Å². The molecule has 1 amide bonds. The van der Waals surface area contributed by atoms with E-state index in [2.05, 4.69) is 34.5 Å². The lowest BCUT2D eigenvalue weighted by Gasteiger charge is -2.20. The van der Waals surface area contributed by atoms with E-state index >= 15 is 0 Å². The fourth-order valence-corrected chi connectivity index (χ4v) is 2.47. The first-order valence-corrected chi connectivity index (χ1v) is 7.05. The van der Waals surface area contributed by atoms with Crippen molar-refractivity contribution in [3.8, 4) is 0 Å². The van der Waals surface area contributed by atoms with Gasteiger partial charge in [-0.25, -0.2) is 0 Å². The molecule has 1 atom stereocenters. The van der Waals surface area contributed by atoms with E-state index < -0.39 is 0 Å². The van der Waals surface area contributed by atoms with Crippen LogP contribution in [0, 0.1) is 5.92 Å². The number of carbonyl (C=O) groups is 1. The second-order valence-corrected chi connectivity index (χ2v) is 5.53. The van der Waals surface area contributed by atoms with Crippen LogP contribution in [-0.4, -0.2) is 41.5 Å². The van der Waals surface area contributed by atoms with Crippen molar-refractivity contribution >= 4 is 11.6 Å². The van der Waals surface area contributed by atoms with Gasteiger partial charge in [0.25, 0.3) is 5.91 Å². The van der Waals surface area contributed by atoms with Crippen LogP contribution in [0.3, 0.4) is 0 Å². The fourth-order valence-electron chi connectivity index (χ4n) is 2.47. The van der Waals surface area contributed by atoms with Crippen LogP contribution >= 0.6 is 0 Å². The number of amides is 1. The molecule has 1 unspecified atom stereocenters. The number of anilines is 1. The molecule has 0 aliphatic carbocycles. The second-order valence-electron chi connectivity index (χ2n) is 5.53. The molecule has 1 aliphatic heterocycles. The maximum Gasteiger partial charge on any atom is 0.269 e. The Balaban J connectivity index is 1.83. The van der Waals surface area contributed by atoms with Crippen molar-refractivity contribution < 1.29 is 4.79 Å². The van der Waals surface area contributed by atoms with Crippen LogP contribution in [0.4, 0.5) is 5.69 Å². The number of rotatable bonds is 5. The molecule has 0 aromatic carbocycles. The molecule has 6 nitrogen and oxygen atoms in total. The fraction of sp³-hybridized carbons (Fsp3) is 0.571. The Morgan fingerprint density at radius 1 is 1.60 bits per heavy atom. The molecule has 110 valence electrons. The van der Waals surface area contributed by atoms with Crippen molar-refractivity contribution in [2.24, 2.45) is 11.8 Å². The highest BCUT2D eigenvalue weighted by Crippen LogP contribution is 2.17. The van der Waals surface area contributed by atoms with Crippen molar-refractivity contribution in [3.63, 3.8) is 0 Å². The number of nitrogens with two attached hydrogens (primary N) is 1. The van der Waals surface area contributed by atoms with E-state index in [4.69, 9.17) is 5.84 Å². The van der Waals surface area contributed by atoms with Gasteiger partial charge in [0.1, 0.15) is 5.69 Å². The number of pyridine rings is 1. The van der Waals surface area contributed by atoms with Gasteiger partial charge in [-0.1, -0.05) is 0 Å². The summed E-state index contributed by atoms with van der Waals surface area (Å²) in [7, 11) is 0. The van der Waals surface area contributed by atoms with Crippen molar-refractivity contribution in [3.05, 3.63) is 24.0 Å². The zero-order valence-corrected chi connectivity index (χ0v) is 12.1. The summed E-state index contributed by atoms with van der Waals surface area (Å²) in [6.45, 7) is 7.27. The lowest BCUT2D eigenvalue weighted by molar-refractivity contribution is 0.0942. The zero-order valence-electron chi connectivity index (χ0n) is 12.1. The Hall–Kier alpha value is -1.66. The largest absolute Gasteiger partial charge is 0.350 e. The number of hydrazine groups is 1. The molecule has 1 fully saturated rings. The molecule has 20 heavy (non-hydrogen) atoms. The minimum atomic E-state index is -0.148. The first-order valence-electron chi connectivity index (χ1n) is 7.05. The average Bonchev–Trinajstić information content (AvgIpc) is 2.94. The minimum absolute atomic E-state index is 0.148. The van der Waals surface area contributed by atoms with Crippen LogP contribution in [0.25, 0.3) is 0 Å². The number of hydrogen-bond acceptors (Lipinski definition) is 5. The molecule has 4 N–H and O–H groups in total. The highest BCUT2D eigenvalue weighted by atomic mass is 16.1. The summed E-state index contributed by atoms with van der Waals surface area (Å²) in [6.07, 6.45) is 2.70. The lowest BCUT2D eigenvalue weighted by atomic mass is 10.1. The number of nitrogens with one attached hydrogen (secondary N) is 2. The highest BCUT2D eigenvalue weighted by molar-refractivity contribution is 5.93. The number of aromatic nitrogens is 1. The Bertz CT molecular complexity index is 463. The summed E-state index contributed by atoms with van der Waals surface area (Å²) < 4.78 is 0. The predicted molar refractivity (Wildman–Crippen MR) is 79.2 cm³/mol. The van der Waals surface area contributed by atoms with Crippen molar-refractivity contribution in [1.82, 2.24) is 15.2 Å². The van der Waals surface area contributed by atoms with E-state index in [1.807, 2.05) is 0 Å². The minimum Gasteiger partial charge on any atom is -0.350 e. The zero-order chi connectivity index (χ0) is 14.5. The van der Waals surface area contributed by atoms with Gasteiger partial charge in [-0.15, -0.1) is 0 Å². The summed E-state index contributed by atoms with van der Waals surface area (Å²) in [5.41, 5.74) is 3.58. The maximum absolute atomic E-state index is 12.0. The molecule has 1 aromatic heterocycles. The van der Waals surface area contributed by atoms with Crippen LogP contribution in [-0.2, 0) is 0 Å². The number of nitrogen functional groups attached to an aromatic ring is 1. The Morgan fingerprint density at radius 2 is 2.40 bits per heavy atom. The van der Waals surface area contributed by atoms with Gasteiger partial charge in [0.05, 0.1) is 5.69 Å². The average molecular weight is 277 g/mol. The second kappa shape index (κ2) is 6.67. The third-order valence-electron chi connectivity index (χ3n) is 3.76. The number of nitrogens with zero attached hydrogens (tertiary/aromatic N) is 2. The summed E-state index contributed by atoms with van der Waals surface area (Å²) >= 11 is 0. The molecule has 1 aromatic rings. The Labute approximate surface area is 119 Å². The van der Waals surface area contributed by atoms with Crippen LogP contribution < -0.4 is 16.6 Å². The van der Waals surface area contributed by atoms with Gasteiger partial charge in [-0.2, -0.15) is 0 Å². The molecule has 2 heterocycles. The Morgan fingerprint density at radius 3 is 3.05 bits per heavy atom. The van der Waals surface area contributed by atoms with Crippen molar-refractivity contribution in [2.75, 3.05) is 25.1 Å². The van der Waals surface area contributed by atoms with Crippen LogP contribution in [0.2, 0.25) is 0 Å². The van der Waals surface area contributed by atoms with Crippen molar-refractivity contribution in [2.45, 2.75) is 26.3 Å². The third kappa shape index (κ3) is 3.68. The third-order valence-corrected chi connectivity index (χ3v) is 3.76. The quantitative estimate of drug-likeness (QED) is 0.548. The molecular weight excluding hydrogens is 254 g/mol. The van der Waals surface area contributed by atoms with Gasteiger partial charge in [0.15, 0.2) is 0 Å². The van der Waals surface area contributed by atoms with Crippen molar-refractivity contribution in [1.29, 1.82) is 0 Å². The van der Waals surface area contributed by atoms with Crippen LogP contribution in [0.1, 0.15) is 30.8 Å². The maximum atomic E-state index is 12.0. The lowest BCUT2D eigenvalue weighted by Crippen LogP contribution is -2.33. The summed E-state index contributed by atoms with van der Waals surface area (Å²) in [6, 6.07) is 3.93. The van der Waals surface area contributed by atoms with Gasteiger partial charge in [0.2, 0.25) is 0 Å². The molecule has 0 radical (unpaired) electrons. The van der Waals surface area contributed by atoms with E-state index in [1.54, 1.807) is 18.3 Å². The predicted octanol–water partition coefficient (Wildman–Crippen LogP) is 0.827. The standard InChI is InChI=1S/C14H23N5O/c1-10(2)19-6-4-11(9-19)8-17-14(20)13-7-12(18-15)3-5-16-13/h3,5,7,10-11H,4,6,8-9,15H2,1-2H3,(H,16,18)(H,17,20). The molecule has 0 saturated carbocycles. The van der Waals surface area contributed by atoms with E-state index in [9.17, 15) is 4.79 Å². The molecule has 1 aliphatic rings. The number of likely N-dealkylation sites (tertiary alicyclic amines) is 1. The highest BCUT2D eigenvalue weighted by Gasteiger charge is 2.24.